The Hall–Kier alpha value is -2.31. The molecule has 0 bridgehead atoms. The Bertz CT molecular complexity index is 550. The lowest BCUT2D eigenvalue weighted by Crippen LogP contribution is -2.33. The summed E-state index contributed by atoms with van der Waals surface area (Å²) in [4.78, 5) is 24.3. The number of anilines is 1. The number of urea groups is 1. The molecule has 1 atom stereocenters. The second-order valence-electron chi connectivity index (χ2n) is 4.97. The average Bonchev–Trinajstić information content (AvgIpc) is 2.88. The molecule has 1 aromatic carbocycles. The van der Waals surface area contributed by atoms with Gasteiger partial charge in [-0.3, -0.25) is 4.79 Å². The lowest BCUT2D eigenvalue weighted by molar-refractivity contribution is -0.138. The largest absolute Gasteiger partial charge is 0.494 e. The number of carbonyl (C=O) groups excluding carboxylic acids is 1. The fourth-order valence-corrected chi connectivity index (χ4v) is 2.39. The number of carbonyl (C=O) groups is 2. The molecule has 1 saturated heterocycles. The van der Waals surface area contributed by atoms with Crippen LogP contribution in [0.5, 0.6) is 5.75 Å². The number of nitrogens with one attached hydrogen (secondary N) is 1. The van der Waals surface area contributed by atoms with Gasteiger partial charge < -0.3 is 20.1 Å². The van der Waals surface area contributed by atoms with E-state index in [-0.39, 0.29) is 24.1 Å². The molecule has 2 rings (SSSR count). The average molecular weight is 296 g/mol. The van der Waals surface area contributed by atoms with Crippen molar-refractivity contribution in [1.82, 2.24) is 4.90 Å². The summed E-state index contributed by atoms with van der Waals surface area (Å²) in [6.45, 7) is 0.912. The second-order valence-corrected chi connectivity index (χ2v) is 4.97. The summed E-state index contributed by atoms with van der Waals surface area (Å²) in [7, 11) is 1.39. The van der Waals surface area contributed by atoms with Crippen molar-refractivity contribution in [2.45, 2.75) is 12.8 Å². The van der Waals surface area contributed by atoms with E-state index in [1.165, 1.54) is 25.3 Å². The maximum Gasteiger partial charge on any atom is 0.321 e. The molecule has 1 unspecified atom stereocenters. The van der Waals surface area contributed by atoms with Gasteiger partial charge in [0.25, 0.3) is 0 Å². The molecular formula is C14H17FN2O4. The minimum Gasteiger partial charge on any atom is -0.494 e. The number of hydrogen-bond donors (Lipinski definition) is 2. The summed E-state index contributed by atoms with van der Waals surface area (Å²) >= 11 is 0. The Balaban J connectivity index is 1.98. The number of amides is 2. The van der Waals surface area contributed by atoms with E-state index >= 15 is 0 Å². The number of halogens is 1. The van der Waals surface area contributed by atoms with Crippen LogP contribution in [0.2, 0.25) is 0 Å². The highest BCUT2D eigenvalue weighted by molar-refractivity contribution is 5.91. The molecule has 1 fully saturated rings. The molecule has 0 saturated carbocycles. The van der Waals surface area contributed by atoms with Gasteiger partial charge in [0.15, 0.2) is 0 Å². The Kier molecular flexibility index (Phi) is 4.62. The quantitative estimate of drug-likeness (QED) is 0.892. The third kappa shape index (κ3) is 3.84. The highest BCUT2D eigenvalue weighted by atomic mass is 19.1. The van der Waals surface area contributed by atoms with Crippen molar-refractivity contribution in [3.05, 3.63) is 24.0 Å². The molecule has 114 valence electrons. The Labute approximate surface area is 121 Å². The summed E-state index contributed by atoms with van der Waals surface area (Å²) in [5.74, 6) is -1.09. The molecule has 2 amide bonds. The molecule has 1 aliphatic heterocycles. The predicted octanol–water partition coefficient (Wildman–Crippen LogP) is 2.16. The first-order valence-electron chi connectivity index (χ1n) is 6.61. The van der Waals surface area contributed by atoms with E-state index in [0.717, 1.165) is 0 Å². The topological polar surface area (TPSA) is 78.9 Å². The maximum atomic E-state index is 13.1. The summed E-state index contributed by atoms with van der Waals surface area (Å²) in [5, 5.41) is 11.4. The highest BCUT2D eigenvalue weighted by Gasteiger charge is 2.28. The zero-order valence-corrected chi connectivity index (χ0v) is 11.6. The van der Waals surface area contributed by atoms with Crippen LogP contribution < -0.4 is 10.1 Å². The van der Waals surface area contributed by atoms with E-state index in [1.54, 1.807) is 4.90 Å². The Morgan fingerprint density at radius 1 is 1.52 bits per heavy atom. The van der Waals surface area contributed by atoms with Crippen molar-refractivity contribution in [1.29, 1.82) is 0 Å². The van der Waals surface area contributed by atoms with Gasteiger partial charge in [0, 0.05) is 25.6 Å². The fraction of sp³-hybridized carbons (Fsp3) is 0.429. The number of hydrogen-bond acceptors (Lipinski definition) is 3. The smallest absolute Gasteiger partial charge is 0.321 e. The zero-order valence-electron chi connectivity index (χ0n) is 11.6. The Morgan fingerprint density at radius 2 is 2.29 bits per heavy atom. The first kappa shape index (κ1) is 15.1. The lowest BCUT2D eigenvalue weighted by atomic mass is 10.1. The molecule has 2 N–H and O–H groups in total. The maximum absolute atomic E-state index is 13.1. The standard InChI is InChI=1S/C14H17FN2O4/c1-21-12-7-10(15)2-3-11(12)16-14(20)17-5-4-9(8-17)6-13(18)19/h2-3,7,9H,4-6,8H2,1H3,(H,16,20)(H,18,19). The van der Waals surface area contributed by atoms with Crippen LogP contribution in [0, 0.1) is 11.7 Å². The summed E-state index contributed by atoms with van der Waals surface area (Å²) < 4.78 is 18.1. The molecule has 21 heavy (non-hydrogen) atoms. The molecule has 0 aromatic heterocycles. The van der Waals surface area contributed by atoms with Crippen LogP contribution in [0.3, 0.4) is 0 Å². The molecule has 0 radical (unpaired) electrons. The van der Waals surface area contributed by atoms with Crippen LogP contribution in [0.1, 0.15) is 12.8 Å². The van der Waals surface area contributed by atoms with Gasteiger partial charge >= 0.3 is 12.0 Å². The summed E-state index contributed by atoms with van der Waals surface area (Å²) in [6, 6.07) is 3.51. The van der Waals surface area contributed by atoms with E-state index in [4.69, 9.17) is 9.84 Å². The number of benzene rings is 1. The van der Waals surface area contributed by atoms with Crippen LogP contribution in [-0.2, 0) is 4.79 Å². The molecule has 1 aromatic rings. The molecule has 0 aliphatic carbocycles. The van der Waals surface area contributed by atoms with Crippen LogP contribution in [0.25, 0.3) is 0 Å². The number of carboxylic acid groups (broad SMARTS) is 1. The van der Waals surface area contributed by atoms with Gasteiger partial charge in [-0.15, -0.1) is 0 Å². The first-order valence-corrected chi connectivity index (χ1v) is 6.61. The van der Waals surface area contributed by atoms with Crippen molar-refractivity contribution >= 4 is 17.7 Å². The number of likely N-dealkylation sites (tertiary alicyclic amines) is 1. The van der Waals surface area contributed by atoms with Gasteiger partial charge in [-0.25, -0.2) is 9.18 Å². The number of methoxy groups -OCH3 is 1. The number of rotatable bonds is 4. The molecular weight excluding hydrogens is 279 g/mol. The van der Waals surface area contributed by atoms with Gasteiger partial charge in [-0.05, 0) is 24.5 Å². The van der Waals surface area contributed by atoms with Gasteiger partial charge in [-0.1, -0.05) is 0 Å². The minimum absolute atomic E-state index is 0.0247. The fourth-order valence-electron chi connectivity index (χ4n) is 2.39. The first-order chi connectivity index (χ1) is 9.99. The summed E-state index contributed by atoms with van der Waals surface area (Å²) in [5.41, 5.74) is 0.380. The van der Waals surface area contributed by atoms with Gasteiger partial charge in [0.05, 0.1) is 12.8 Å². The normalized spacial score (nSPS) is 17.6. The second kappa shape index (κ2) is 6.43. The SMILES string of the molecule is COc1cc(F)ccc1NC(=O)N1CCC(CC(=O)O)C1. The van der Waals surface area contributed by atoms with E-state index in [1.807, 2.05) is 0 Å². The van der Waals surface area contributed by atoms with Crippen LogP contribution in [-0.4, -0.2) is 42.2 Å². The molecule has 1 aliphatic rings. The van der Waals surface area contributed by atoms with Crippen LogP contribution >= 0.6 is 0 Å². The third-order valence-corrected chi connectivity index (χ3v) is 3.44. The van der Waals surface area contributed by atoms with Crippen molar-refractivity contribution in [2.24, 2.45) is 5.92 Å². The van der Waals surface area contributed by atoms with Crippen molar-refractivity contribution in [2.75, 3.05) is 25.5 Å². The van der Waals surface area contributed by atoms with E-state index < -0.39 is 11.8 Å². The van der Waals surface area contributed by atoms with Gasteiger partial charge in [-0.2, -0.15) is 0 Å². The zero-order chi connectivity index (χ0) is 15.4. The van der Waals surface area contributed by atoms with Gasteiger partial charge in [0.2, 0.25) is 0 Å². The highest BCUT2D eigenvalue weighted by Crippen LogP contribution is 2.26. The monoisotopic (exact) mass is 296 g/mol. The van der Waals surface area contributed by atoms with E-state index in [9.17, 15) is 14.0 Å². The minimum atomic E-state index is -0.859. The van der Waals surface area contributed by atoms with Crippen LogP contribution in [0.15, 0.2) is 18.2 Å². The van der Waals surface area contributed by atoms with Crippen molar-refractivity contribution in [3.63, 3.8) is 0 Å². The number of nitrogens with zero attached hydrogens (tertiary/aromatic N) is 1. The van der Waals surface area contributed by atoms with E-state index in [0.29, 0.717) is 25.2 Å². The molecule has 1 heterocycles. The molecule has 7 heteroatoms. The number of carboxylic acids is 1. The van der Waals surface area contributed by atoms with Crippen molar-refractivity contribution < 1.29 is 23.8 Å². The molecule has 0 spiro atoms. The number of aliphatic carboxylic acids is 1. The van der Waals surface area contributed by atoms with E-state index in [2.05, 4.69) is 5.32 Å². The third-order valence-electron chi connectivity index (χ3n) is 3.44. The van der Waals surface area contributed by atoms with Gasteiger partial charge in [0.1, 0.15) is 11.6 Å². The number of ether oxygens (including phenoxy) is 1. The lowest BCUT2D eigenvalue weighted by Gasteiger charge is -2.18. The molecule has 6 nitrogen and oxygen atoms in total. The Morgan fingerprint density at radius 3 is 2.95 bits per heavy atom. The summed E-state index contributed by atoms with van der Waals surface area (Å²) in [6.07, 6.45) is 0.726. The predicted molar refractivity (Wildman–Crippen MR) is 73.9 cm³/mol. The van der Waals surface area contributed by atoms with Crippen LogP contribution in [0.4, 0.5) is 14.9 Å². The van der Waals surface area contributed by atoms with Crippen molar-refractivity contribution in [3.8, 4) is 5.75 Å².